The highest BCUT2D eigenvalue weighted by Gasteiger charge is 2.01. The fourth-order valence-electron chi connectivity index (χ4n) is 1.12. The van der Waals surface area contributed by atoms with Gasteiger partial charge in [-0.3, -0.25) is 0 Å². The number of aliphatic hydroxyl groups excluding tert-OH is 1. The SMILES string of the molecule is OCc1cnnc(-c2ccccc2)n1. The van der Waals surface area contributed by atoms with Crippen LogP contribution >= 0.6 is 0 Å². The predicted molar refractivity (Wildman–Crippen MR) is 51.2 cm³/mol. The van der Waals surface area contributed by atoms with E-state index in [0.717, 1.165) is 5.56 Å². The Morgan fingerprint density at radius 3 is 2.64 bits per heavy atom. The molecule has 0 unspecified atom stereocenters. The van der Waals surface area contributed by atoms with E-state index in [2.05, 4.69) is 15.2 Å². The Morgan fingerprint density at radius 1 is 1.14 bits per heavy atom. The first-order chi connectivity index (χ1) is 6.90. The zero-order valence-electron chi connectivity index (χ0n) is 7.46. The van der Waals surface area contributed by atoms with E-state index in [1.54, 1.807) is 0 Å². The van der Waals surface area contributed by atoms with Crippen molar-refractivity contribution in [1.29, 1.82) is 0 Å². The molecule has 0 spiro atoms. The molecule has 0 radical (unpaired) electrons. The Labute approximate surface area is 81.3 Å². The van der Waals surface area contributed by atoms with E-state index in [-0.39, 0.29) is 6.61 Å². The molecule has 0 aliphatic heterocycles. The van der Waals surface area contributed by atoms with Crippen LogP contribution in [0.5, 0.6) is 0 Å². The van der Waals surface area contributed by atoms with Gasteiger partial charge in [0, 0.05) is 5.56 Å². The van der Waals surface area contributed by atoms with Crippen LogP contribution in [0.25, 0.3) is 11.4 Å². The minimum absolute atomic E-state index is 0.116. The molecule has 0 aliphatic rings. The average Bonchev–Trinajstić information content (AvgIpc) is 2.30. The summed E-state index contributed by atoms with van der Waals surface area (Å²) in [6.07, 6.45) is 1.45. The number of hydrogen-bond donors (Lipinski definition) is 1. The van der Waals surface area contributed by atoms with Gasteiger partial charge in [-0.2, -0.15) is 5.10 Å². The summed E-state index contributed by atoms with van der Waals surface area (Å²) in [5.74, 6) is 0.539. The lowest BCUT2D eigenvalue weighted by atomic mass is 10.2. The summed E-state index contributed by atoms with van der Waals surface area (Å²) in [6.45, 7) is -0.116. The third-order valence-electron chi connectivity index (χ3n) is 1.80. The lowest BCUT2D eigenvalue weighted by Crippen LogP contribution is -1.97. The topological polar surface area (TPSA) is 58.9 Å². The van der Waals surface area contributed by atoms with Gasteiger partial charge in [-0.25, -0.2) is 4.98 Å². The first-order valence-corrected chi connectivity index (χ1v) is 4.25. The van der Waals surface area contributed by atoms with E-state index in [1.807, 2.05) is 30.3 Å². The monoisotopic (exact) mass is 187 g/mol. The molecule has 0 saturated carbocycles. The van der Waals surface area contributed by atoms with Crippen LogP contribution in [0.3, 0.4) is 0 Å². The van der Waals surface area contributed by atoms with Crippen LogP contribution < -0.4 is 0 Å². The van der Waals surface area contributed by atoms with Gasteiger partial charge in [0.15, 0.2) is 5.82 Å². The highest BCUT2D eigenvalue weighted by molar-refractivity contribution is 5.53. The van der Waals surface area contributed by atoms with Gasteiger partial charge in [0.25, 0.3) is 0 Å². The van der Waals surface area contributed by atoms with Crippen LogP contribution in [0.15, 0.2) is 36.5 Å². The smallest absolute Gasteiger partial charge is 0.182 e. The third kappa shape index (κ3) is 1.75. The third-order valence-corrected chi connectivity index (χ3v) is 1.80. The van der Waals surface area contributed by atoms with Crippen molar-refractivity contribution in [3.05, 3.63) is 42.2 Å². The van der Waals surface area contributed by atoms with Crippen molar-refractivity contribution in [2.45, 2.75) is 6.61 Å². The van der Waals surface area contributed by atoms with Crippen LogP contribution in [0.4, 0.5) is 0 Å². The van der Waals surface area contributed by atoms with E-state index in [0.29, 0.717) is 11.5 Å². The second kappa shape index (κ2) is 3.93. The van der Waals surface area contributed by atoms with Gasteiger partial charge < -0.3 is 5.11 Å². The van der Waals surface area contributed by atoms with Gasteiger partial charge in [-0.1, -0.05) is 30.3 Å². The van der Waals surface area contributed by atoms with Crippen molar-refractivity contribution in [3.8, 4) is 11.4 Å². The second-order valence-corrected chi connectivity index (χ2v) is 2.80. The van der Waals surface area contributed by atoms with E-state index in [1.165, 1.54) is 6.20 Å². The highest BCUT2D eigenvalue weighted by Crippen LogP contribution is 2.12. The van der Waals surface area contributed by atoms with Gasteiger partial charge in [-0.05, 0) is 0 Å². The highest BCUT2D eigenvalue weighted by atomic mass is 16.3. The standard InChI is InChI=1S/C10H9N3O/c14-7-9-6-11-13-10(12-9)8-4-2-1-3-5-8/h1-6,14H,7H2. The molecule has 1 heterocycles. The van der Waals surface area contributed by atoms with Gasteiger partial charge in [0.05, 0.1) is 18.5 Å². The maximum atomic E-state index is 8.88. The van der Waals surface area contributed by atoms with Gasteiger partial charge in [0.1, 0.15) is 0 Å². The minimum Gasteiger partial charge on any atom is -0.390 e. The second-order valence-electron chi connectivity index (χ2n) is 2.80. The van der Waals surface area contributed by atoms with Gasteiger partial charge >= 0.3 is 0 Å². The molecular formula is C10H9N3O. The molecule has 1 N–H and O–H groups in total. The lowest BCUT2D eigenvalue weighted by molar-refractivity contribution is 0.276. The fourth-order valence-corrected chi connectivity index (χ4v) is 1.12. The summed E-state index contributed by atoms with van der Waals surface area (Å²) >= 11 is 0. The van der Waals surface area contributed by atoms with Crippen LogP contribution in [-0.4, -0.2) is 20.3 Å². The Morgan fingerprint density at radius 2 is 1.93 bits per heavy atom. The summed E-state index contributed by atoms with van der Waals surface area (Å²) < 4.78 is 0. The van der Waals surface area contributed by atoms with Gasteiger partial charge in [0.2, 0.25) is 0 Å². The zero-order chi connectivity index (χ0) is 9.80. The molecule has 0 atom stereocenters. The number of hydrogen-bond acceptors (Lipinski definition) is 4. The average molecular weight is 187 g/mol. The van der Waals surface area contributed by atoms with Crippen LogP contribution in [0.1, 0.15) is 5.69 Å². The van der Waals surface area contributed by atoms with Crippen molar-refractivity contribution in [2.75, 3.05) is 0 Å². The molecule has 0 aliphatic carbocycles. The van der Waals surface area contributed by atoms with E-state index >= 15 is 0 Å². The van der Waals surface area contributed by atoms with Crippen molar-refractivity contribution in [1.82, 2.24) is 15.2 Å². The number of nitrogens with zero attached hydrogens (tertiary/aromatic N) is 3. The van der Waals surface area contributed by atoms with E-state index in [4.69, 9.17) is 5.11 Å². The maximum absolute atomic E-state index is 8.88. The van der Waals surface area contributed by atoms with E-state index in [9.17, 15) is 0 Å². The Bertz CT molecular complexity index is 417. The summed E-state index contributed by atoms with van der Waals surface area (Å²) in [7, 11) is 0. The first kappa shape index (κ1) is 8.77. The summed E-state index contributed by atoms with van der Waals surface area (Å²) in [6, 6.07) is 9.54. The van der Waals surface area contributed by atoms with Crippen molar-refractivity contribution < 1.29 is 5.11 Å². The minimum atomic E-state index is -0.116. The Kier molecular flexibility index (Phi) is 2.46. The molecule has 0 fully saturated rings. The molecule has 2 aromatic rings. The molecule has 2 rings (SSSR count). The normalized spacial score (nSPS) is 10.1. The molecule has 70 valence electrons. The number of benzene rings is 1. The summed E-state index contributed by atoms with van der Waals surface area (Å²) in [5, 5.41) is 16.5. The molecule has 0 bridgehead atoms. The largest absolute Gasteiger partial charge is 0.390 e. The van der Waals surface area contributed by atoms with Gasteiger partial charge in [-0.15, -0.1) is 5.10 Å². The first-order valence-electron chi connectivity index (χ1n) is 4.25. The Hall–Kier alpha value is -1.81. The van der Waals surface area contributed by atoms with Crippen molar-refractivity contribution in [2.24, 2.45) is 0 Å². The molecule has 4 heteroatoms. The molecule has 0 saturated heterocycles. The maximum Gasteiger partial charge on any atom is 0.182 e. The van der Waals surface area contributed by atoms with Crippen LogP contribution in [-0.2, 0) is 6.61 Å². The molecule has 1 aromatic carbocycles. The molecular weight excluding hydrogens is 178 g/mol. The molecule has 4 nitrogen and oxygen atoms in total. The van der Waals surface area contributed by atoms with Crippen LogP contribution in [0.2, 0.25) is 0 Å². The quantitative estimate of drug-likeness (QED) is 0.762. The fraction of sp³-hybridized carbons (Fsp3) is 0.100. The Balaban J connectivity index is 2.42. The van der Waals surface area contributed by atoms with Crippen LogP contribution in [0, 0.1) is 0 Å². The summed E-state index contributed by atoms with van der Waals surface area (Å²) in [4.78, 5) is 4.14. The lowest BCUT2D eigenvalue weighted by Gasteiger charge is -1.99. The number of aromatic nitrogens is 3. The molecule has 1 aromatic heterocycles. The van der Waals surface area contributed by atoms with Crippen molar-refractivity contribution >= 4 is 0 Å². The molecule has 14 heavy (non-hydrogen) atoms. The number of aliphatic hydroxyl groups is 1. The zero-order valence-corrected chi connectivity index (χ0v) is 7.46. The van der Waals surface area contributed by atoms with E-state index < -0.39 is 0 Å². The molecule has 0 amide bonds. The summed E-state index contributed by atoms with van der Waals surface area (Å²) in [5.41, 5.74) is 1.43. The van der Waals surface area contributed by atoms with Crippen molar-refractivity contribution in [3.63, 3.8) is 0 Å². The number of rotatable bonds is 2. The predicted octanol–water partition coefficient (Wildman–Crippen LogP) is 1.03.